The third-order valence-corrected chi connectivity index (χ3v) is 20.3. The number of aliphatic imine (C=N–C) groups is 3. The van der Waals surface area contributed by atoms with Gasteiger partial charge in [0.1, 0.15) is 30.4 Å². The molecule has 4 aromatic heterocycles. The lowest BCUT2D eigenvalue weighted by molar-refractivity contribution is -0.134. The van der Waals surface area contributed by atoms with Gasteiger partial charge < -0.3 is 90.1 Å². The molecule has 6 aromatic rings. The topological polar surface area (TPSA) is 563 Å². The highest BCUT2D eigenvalue weighted by molar-refractivity contribution is 7.80. The van der Waals surface area contributed by atoms with E-state index in [9.17, 15) is 57.5 Å². The van der Waals surface area contributed by atoms with E-state index in [1.54, 1.807) is 26.2 Å². The first-order valence-corrected chi connectivity index (χ1v) is 50.4. The maximum absolute atomic E-state index is 13.6. The number of nitrogens with zero attached hydrogens (tertiary/aromatic N) is 5. The molecular formula is C104H171N17O16S4. The molecule has 0 aliphatic heterocycles. The molecule has 141 heavy (non-hydrogen) atoms. The van der Waals surface area contributed by atoms with Crippen LogP contribution in [-0.4, -0.2) is 177 Å². The summed E-state index contributed by atoms with van der Waals surface area (Å²) in [7, 11) is 0. The minimum atomic E-state index is -0.889. The van der Waals surface area contributed by atoms with Gasteiger partial charge in [0.05, 0.1) is 69.8 Å². The summed E-state index contributed by atoms with van der Waals surface area (Å²) < 4.78 is 9.97. The van der Waals surface area contributed by atoms with Crippen molar-refractivity contribution in [2.75, 3.05) is 32.7 Å². The van der Waals surface area contributed by atoms with E-state index in [-0.39, 0.29) is 189 Å². The number of nitrogens with two attached hydrogens (primary N) is 6. The fourth-order valence-corrected chi connectivity index (χ4v) is 12.5. The van der Waals surface area contributed by atoms with Crippen LogP contribution < -0.4 is 66.3 Å². The summed E-state index contributed by atoms with van der Waals surface area (Å²) in [5.41, 5.74) is 34.3. The number of unbranched alkanes of at least 4 members (excludes halogenated alkanes) is 2. The average Bonchev–Trinajstić information content (AvgIpc) is 0.861. The zero-order valence-electron chi connectivity index (χ0n) is 87.8. The van der Waals surface area contributed by atoms with Crippen LogP contribution in [0.1, 0.15) is 281 Å². The molecule has 0 aliphatic rings. The normalized spacial score (nSPS) is 11.7. The van der Waals surface area contributed by atoms with Crippen molar-refractivity contribution in [1.82, 2.24) is 41.9 Å². The maximum Gasteiger partial charge on any atom is 0.224 e. The summed E-state index contributed by atoms with van der Waals surface area (Å²) in [6.45, 7) is 44.3. The molecule has 0 saturated heterocycles. The van der Waals surface area contributed by atoms with Crippen LogP contribution >= 0.6 is 49.7 Å². The van der Waals surface area contributed by atoms with Crippen LogP contribution in [0.2, 0.25) is 0 Å². The predicted octanol–water partition coefficient (Wildman–Crippen LogP) is 16.4. The van der Waals surface area contributed by atoms with Crippen molar-refractivity contribution in [3.05, 3.63) is 119 Å². The van der Waals surface area contributed by atoms with Crippen molar-refractivity contribution in [3.63, 3.8) is 0 Å². The number of benzene rings is 2. The third kappa shape index (κ3) is 77.6. The molecule has 2 aromatic carbocycles. The number of hydrogen-bond acceptors (Lipinski definition) is 27. The van der Waals surface area contributed by atoms with Gasteiger partial charge in [-0.25, -0.2) is 0 Å². The monoisotopic (exact) mass is 2040 g/mol. The first-order chi connectivity index (χ1) is 66.2. The number of carbonyl (C=O) groups excluding carboxylic acids is 12. The molecule has 6 atom stereocenters. The van der Waals surface area contributed by atoms with Gasteiger partial charge in [-0.15, -0.1) is 25.3 Å². The number of fused-ring (bicyclic) bond motifs is 2. The number of hydrogen-bond donors (Lipinski definition) is 16. The number of nitrogens with one attached hydrogen (secondary N) is 6. The Kier molecular flexibility index (Phi) is 80.2. The number of ketones is 7. The van der Waals surface area contributed by atoms with Crippen LogP contribution in [-0.2, 0) is 57.5 Å². The van der Waals surface area contributed by atoms with Crippen molar-refractivity contribution in [3.8, 4) is 11.5 Å². The number of guanidine groups is 3. The Morgan fingerprint density at radius 2 is 0.780 bits per heavy atom. The minimum Gasteiger partial charge on any atom is -0.504 e. The lowest BCUT2D eigenvalue weighted by Crippen LogP contribution is -2.46. The summed E-state index contributed by atoms with van der Waals surface area (Å²) in [5, 5.41) is 37.0. The Balaban J connectivity index is -0.000000854. The average molecular weight is 2040 g/mol. The van der Waals surface area contributed by atoms with Gasteiger partial charge in [0.25, 0.3) is 0 Å². The van der Waals surface area contributed by atoms with Gasteiger partial charge in [-0.05, 0) is 138 Å². The van der Waals surface area contributed by atoms with Crippen LogP contribution in [0.25, 0.3) is 21.8 Å². The zero-order chi connectivity index (χ0) is 108. The van der Waals surface area contributed by atoms with E-state index < -0.39 is 53.7 Å². The van der Waals surface area contributed by atoms with E-state index in [4.69, 9.17) is 44.6 Å². The molecule has 33 nitrogen and oxygen atoms in total. The van der Waals surface area contributed by atoms with E-state index in [1.165, 1.54) is 37.2 Å². The number of aromatic nitrogens is 2. The fourth-order valence-electron chi connectivity index (χ4n) is 11.7. The van der Waals surface area contributed by atoms with Crippen LogP contribution in [0.15, 0.2) is 144 Å². The van der Waals surface area contributed by atoms with Gasteiger partial charge in [-0.2, -0.15) is 0 Å². The van der Waals surface area contributed by atoms with Crippen molar-refractivity contribution < 1.29 is 76.6 Å². The molecule has 0 radical (unpaired) electrons. The standard InChI is InChI=1S/C31H59N9O5.C28H52N6O5.2C9H7NS.2C5H4O2S.C5H10O.C4H8O.2C4H10/c1-6-7-10-23(41)19-38-28(44)14-13-26(42)24(11-8-15-36-30(32)33)40-29(45)22(17-20(2)3)18-27(43)25(39-21(4)5)12-9-16-37-31(34)35;1-7-8-10-22(35)17-32-26(38)13-12-24(36)23(11-9-14-31-28(29)30)34-27(39)21(15-18(2)3)16-25(37)20(6)33-19(4)5;2*11-8-5-1-3-7-4-2-6-10-9(7)8;2*6-4-3-7-2-1-5(4)8;1-4(2)5(3)6;1-4(2)3-5;2*1-4(2)3/h20-22,24-25,39H,6-19H2,1-5H3,(H,38,44)(H,40,45)(H4,32,33,36)(H4,34,35,37);18-21,23,33H,7-17H2,1-6H3,(H,32,38)(H,34,39)(H4,29,30,31);2*1-6,11H;2*1-3,6H;4H,1-3H3;3-4H,1-2H3;2*4H,1-3H3/t22-,24+,25+;20-,21+,23-;;;;;;;;/m10......../s1. The molecule has 20 N–H and O–H groups in total. The summed E-state index contributed by atoms with van der Waals surface area (Å²) in [6.07, 6.45) is 16.9. The molecule has 4 heterocycles. The Bertz CT molecular complexity index is 4650. The molecule has 6 rings (SSSR count). The fraction of sp³-hybridized carbons (Fsp3) is 0.587. The lowest BCUT2D eigenvalue weighted by atomic mass is 9.88. The van der Waals surface area contributed by atoms with Crippen LogP contribution in [0, 0.1) is 56.4 Å². The summed E-state index contributed by atoms with van der Waals surface area (Å²) in [5.74, 6) is -1.20. The second-order valence-corrected chi connectivity index (χ2v) is 38.9. The maximum atomic E-state index is 13.6. The van der Waals surface area contributed by atoms with E-state index in [0.717, 1.165) is 75.4 Å². The Morgan fingerprint density at radius 1 is 0.454 bits per heavy atom. The van der Waals surface area contributed by atoms with E-state index in [0.29, 0.717) is 66.9 Å². The zero-order valence-corrected chi connectivity index (χ0v) is 91.2. The van der Waals surface area contributed by atoms with Crippen molar-refractivity contribution in [2.24, 2.45) is 96.7 Å². The third-order valence-electron chi connectivity index (χ3n) is 18.9. The molecule has 0 aliphatic carbocycles. The van der Waals surface area contributed by atoms with Gasteiger partial charge >= 0.3 is 0 Å². The van der Waals surface area contributed by atoms with Gasteiger partial charge in [0.2, 0.25) is 23.6 Å². The molecule has 4 amide bonds. The molecule has 0 saturated carbocycles. The summed E-state index contributed by atoms with van der Waals surface area (Å²) in [4.78, 5) is 169. The molecule has 37 heteroatoms. The highest BCUT2D eigenvalue weighted by atomic mass is 32.1. The molecular weight excluding hydrogens is 1870 g/mol. The van der Waals surface area contributed by atoms with E-state index >= 15 is 0 Å². The number of para-hydroxylation sites is 2. The summed E-state index contributed by atoms with van der Waals surface area (Å²) >= 11 is 17.9. The quantitative estimate of drug-likeness (QED) is 0.00421. The van der Waals surface area contributed by atoms with Gasteiger partial charge in [-0.1, -0.05) is 212 Å². The van der Waals surface area contributed by atoms with Crippen LogP contribution in [0.4, 0.5) is 0 Å². The van der Waals surface area contributed by atoms with E-state index in [2.05, 4.69) is 157 Å². The number of amides is 4. The van der Waals surface area contributed by atoms with Crippen LogP contribution in [0.3, 0.4) is 0 Å². The largest absolute Gasteiger partial charge is 0.504 e. The Hall–Kier alpha value is -10.7. The SMILES string of the molecule is CC(=O)C(C)C.CC(C)C.CC(C)C.CC(C)C=O.CCCCC(=O)CNC(=O)CCC(=O)[C@H](CCCN=C(N)N)NC(=O)[C@@H](CC(=O)[C@H](C)NC(C)C)CC(C)C.CCCCC(=O)CNC(=O)CCC(=O)[C@H](CCCN=C(N)N)NC(=O)[C@@H](CC(=O)[C@H](CCCN=C(N)N)NC(C)C)CC(C)C.Oc1coccc1=S.Oc1coccc1=S.Sc1cccc2cccnc12.Sc1cccc2cccnc12. The molecule has 0 spiro atoms. The predicted molar refractivity (Wildman–Crippen MR) is 580 cm³/mol. The van der Waals surface area contributed by atoms with Gasteiger partial charge in [0.15, 0.2) is 58.3 Å². The number of aldehydes is 1. The number of rotatable bonds is 50. The van der Waals surface area contributed by atoms with Crippen molar-refractivity contribution >= 4 is 160 Å². The van der Waals surface area contributed by atoms with Gasteiger partial charge in [-0.3, -0.25) is 77.7 Å². The Labute approximate surface area is 859 Å². The van der Waals surface area contributed by atoms with E-state index in [1.807, 2.05) is 158 Å². The number of pyridine rings is 2. The second kappa shape index (κ2) is 82.8. The second-order valence-electron chi connectivity index (χ2n) is 37.1. The van der Waals surface area contributed by atoms with Gasteiger partial charge in [0, 0.05) is 140 Å². The number of thiol groups is 2. The highest BCUT2D eigenvalue weighted by Gasteiger charge is 2.32. The first kappa shape index (κ1) is 137. The van der Waals surface area contributed by atoms with Crippen molar-refractivity contribution in [1.29, 1.82) is 0 Å². The molecule has 0 bridgehead atoms. The number of Topliss-reactive ketones (excluding diaryl/α,β-unsaturated/α-hetero) is 7. The number of carbonyl (C=O) groups is 12. The smallest absolute Gasteiger partial charge is 0.224 e. The molecule has 0 fully saturated rings. The summed E-state index contributed by atoms with van der Waals surface area (Å²) in [6, 6.07) is 20.4. The molecule has 0 unspecified atom stereocenters. The number of aromatic hydroxyl groups is 2. The van der Waals surface area contributed by atoms with Crippen molar-refractivity contribution in [2.45, 2.75) is 327 Å². The molecule has 792 valence electrons. The van der Waals surface area contributed by atoms with Crippen LogP contribution in [0.5, 0.6) is 11.5 Å². The first-order valence-electron chi connectivity index (χ1n) is 48.6. The minimum absolute atomic E-state index is 0.0000718. The highest BCUT2D eigenvalue weighted by Crippen LogP contribution is 2.24. The Morgan fingerprint density at radius 3 is 1.06 bits per heavy atom. The lowest BCUT2D eigenvalue weighted by Gasteiger charge is -2.25.